The zero-order valence-electron chi connectivity index (χ0n) is 7.82. The van der Waals surface area contributed by atoms with Gasteiger partial charge >= 0.3 is 0 Å². The van der Waals surface area contributed by atoms with Crippen LogP contribution in [-0.4, -0.2) is 5.33 Å². The average Bonchev–Trinajstić information content (AvgIpc) is 2.16. The van der Waals surface area contributed by atoms with E-state index >= 15 is 0 Å². The van der Waals surface area contributed by atoms with Crippen molar-refractivity contribution in [3.8, 4) is 0 Å². The Morgan fingerprint density at radius 3 is 2.62 bits per heavy atom. The molecule has 13 heavy (non-hydrogen) atoms. The molecule has 2 heteroatoms. The predicted molar refractivity (Wildman–Crippen MR) is 65.6 cm³/mol. The first-order valence-electron chi connectivity index (χ1n) is 4.61. The van der Waals surface area contributed by atoms with Crippen LogP contribution in [0.1, 0.15) is 24.5 Å². The summed E-state index contributed by atoms with van der Waals surface area (Å²) in [6, 6.07) is 6.67. The van der Waals surface area contributed by atoms with E-state index in [0.717, 1.165) is 18.2 Å². The van der Waals surface area contributed by atoms with Crippen LogP contribution in [0.4, 0.5) is 0 Å². The maximum atomic E-state index is 3.60. The minimum atomic E-state index is 1.08. The molecule has 0 heterocycles. The second-order valence-corrected chi connectivity index (χ2v) is 4.72. The van der Waals surface area contributed by atoms with Gasteiger partial charge in [-0.25, -0.2) is 0 Å². The second kappa shape index (κ2) is 5.82. The predicted octanol–water partition coefficient (Wildman–Crippen LogP) is 4.34. The number of rotatable bonds is 4. The summed E-state index contributed by atoms with van der Waals surface area (Å²) in [5, 5.41) is 1.08. The standard InChI is InChI=1S/C11H14Br2/c1-2-9-5-6-10(4-3-7-12)11(13)8-9/h5-6,8H,2-4,7H2,1H3. The van der Waals surface area contributed by atoms with Crippen molar-refractivity contribution < 1.29 is 0 Å². The van der Waals surface area contributed by atoms with E-state index in [1.165, 1.54) is 22.0 Å². The summed E-state index contributed by atoms with van der Waals surface area (Å²) in [6.45, 7) is 2.18. The SMILES string of the molecule is CCc1ccc(CCCBr)c(Br)c1. The second-order valence-electron chi connectivity index (χ2n) is 3.07. The van der Waals surface area contributed by atoms with E-state index in [0.29, 0.717) is 0 Å². The van der Waals surface area contributed by atoms with Gasteiger partial charge in [-0.05, 0) is 36.5 Å². The van der Waals surface area contributed by atoms with Gasteiger partial charge in [0.05, 0.1) is 0 Å². The molecule has 0 unspecified atom stereocenters. The Kier molecular flexibility index (Phi) is 5.04. The lowest BCUT2D eigenvalue weighted by Gasteiger charge is -2.05. The van der Waals surface area contributed by atoms with Crippen molar-refractivity contribution in [2.75, 3.05) is 5.33 Å². The van der Waals surface area contributed by atoms with Crippen molar-refractivity contribution in [1.29, 1.82) is 0 Å². The minimum absolute atomic E-state index is 1.08. The van der Waals surface area contributed by atoms with Crippen LogP contribution in [0, 0.1) is 0 Å². The van der Waals surface area contributed by atoms with E-state index in [-0.39, 0.29) is 0 Å². The normalized spacial score (nSPS) is 10.4. The van der Waals surface area contributed by atoms with Crippen LogP contribution in [0.5, 0.6) is 0 Å². The topological polar surface area (TPSA) is 0 Å². The molecule has 0 aromatic heterocycles. The molecule has 0 aliphatic heterocycles. The Balaban J connectivity index is 2.73. The molecule has 1 aromatic carbocycles. The van der Waals surface area contributed by atoms with Gasteiger partial charge in [-0.1, -0.05) is 50.9 Å². The van der Waals surface area contributed by atoms with Crippen LogP contribution in [0.25, 0.3) is 0 Å². The molecule has 0 fully saturated rings. The number of hydrogen-bond donors (Lipinski definition) is 0. The molecular formula is C11H14Br2. The third kappa shape index (κ3) is 3.43. The summed E-state index contributed by atoms with van der Waals surface area (Å²) in [5.41, 5.74) is 2.81. The monoisotopic (exact) mass is 304 g/mol. The summed E-state index contributed by atoms with van der Waals surface area (Å²) in [6.07, 6.45) is 3.46. The van der Waals surface area contributed by atoms with Crippen LogP contribution < -0.4 is 0 Å². The lowest BCUT2D eigenvalue weighted by Crippen LogP contribution is -1.89. The number of hydrogen-bond acceptors (Lipinski definition) is 0. The van der Waals surface area contributed by atoms with Crippen molar-refractivity contribution in [2.45, 2.75) is 26.2 Å². The van der Waals surface area contributed by atoms with E-state index in [4.69, 9.17) is 0 Å². The fourth-order valence-corrected chi connectivity index (χ4v) is 2.18. The quantitative estimate of drug-likeness (QED) is 0.726. The van der Waals surface area contributed by atoms with Crippen molar-refractivity contribution >= 4 is 31.9 Å². The fraction of sp³-hybridized carbons (Fsp3) is 0.455. The van der Waals surface area contributed by atoms with Gasteiger partial charge < -0.3 is 0 Å². The van der Waals surface area contributed by atoms with E-state index < -0.39 is 0 Å². The maximum Gasteiger partial charge on any atom is 0.0210 e. The van der Waals surface area contributed by atoms with Gasteiger partial charge in [-0.3, -0.25) is 0 Å². The Morgan fingerprint density at radius 2 is 2.08 bits per heavy atom. The van der Waals surface area contributed by atoms with Gasteiger partial charge in [-0.2, -0.15) is 0 Å². The van der Waals surface area contributed by atoms with Crippen LogP contribution in [-0.2, 0) is 12.8 Å². The highest BCUT2D eigenvalue weighted by Gasteiger charge is 1.99. The Morgan fingerprint density at radius 1 is 1.31 bits per heavy atom. The molecule has 0 aliphatic carbocycles. The number of benzene rings is 1. The molecule has 0 amide bonds. The summed E-state index contributed by atoms with van der Waals surface area (Å²) in [4.78, 5) is 0. The Bertz CT molecular complexity index is 269. The smallest absolute Gasteiger partial charge is 0.0210 e. The third-order valence-electron chi connectivity index (χ3n) is 2.11. The lowest BCUT2D eigenvalue weighted by atomic mass is 10.1. The maximum absolute atomic E-state index is 3.60. The molecule has 0 nitrogen and oxygen atoms in total. The molecule has 1 rings (SSSR count). The molecule has 0 spiro atoms. The van der Waals surface area contributed by atoms with E-state index in [2.05, 4.69) is 57.0 Å². The zero-order chi connectivity index (χ0) is 9.68. The van der Waals surface area contributed by atoms with Gasteiger partial charge in [0.2, 0.25) is 0 Å². The molecule has 0 N–H and O–H groups in total. The Hall–Kier alpha value is 0.180. The van der Waals surface area contributed by atoms with E-state index in [1.54, 1.807) is 0 Å². The number of halogens is 2. The minimum Gasteiger partial charge on any atom is -0.0928 e. The van der Waals surface area contributed by atoms with Crippen LogP contribution in [0.3, 0.4) is 0 Å². The van der Waals surface area contributed by atoms with Crippen molar-refractivity contribution in [1.82, 2.24) is 0 Å². The third-order valence-corrected chi connectivity index (χ3v) is 3.40. The van der Waals surface area contributed by atoms with E-state index in [1.807, 2.05) is 0 Å². The highest BCUT2D eigenvalue weighted by atomic mass is 79.9. The first-order valence-corrected chi connectivity index (χ1v) is 6.52. The Labute approximate surface area is 97.0 Å². The van der Waals surface area contributed by atoms with Crippen molar-refractivity contribution in [3.63, 3.8) is 0 Å². The molecule has 0 saturated heterocycles. The highest BCUT2D eigenvalue weighted by molar-refractivity contribution is 9.10. The van der Waals surface area contributed by atoms with Gasteiger partial charge in [0.1, 0.15) is 0 Å². The van der Waals surface area contributed by atoms with Gasteiger partial charge in [-0.15, -0.1) is 0 Å². The largest absolute Gasteiger partial charge is 0.0928 e. The molecule has 0 saturated carbocycles. The highest BCUT2D eigenvalue weighted by Crippen LogP contribution is 2.20. The van der Waals surface area contributed by atoms with Gasteiger partial charge in [0.15, 0.2) is 0 Å². The summed E-state index contributed by atoms with van der Waals surface area (Å²) < 4.78 is 1.26. The molecule has 0 aliphatic rings. The summed E-state index contributed by atoms with van der Waals surface area (Å²) in [5.74, 6) is 0. The lowest BCUT2D eigenvalue weighted by molar-refractivity contribution is 0.931. The molecule has 72 valence electrons. The summed E-state index contributed by atoms with van der Waals surface area (Å²) >= 11 is 7.05. The van der Waals surface area contributed by atoms with Crippen LogP contribution in [0.15, 0.2) is 22.7 Å². The van der Waals surface area contributed by atoms with Crippen molar-refractivity contribution in [2.24, 2.45) is 0 Å². The fourth-order valence-electron chi connectivity index (χ4n) is 1.27. The summed E-state index contributed by atoms with van der Waals surface area (Å²) in [7, 11) is 0. The molecular weight excluding hydrogens is 292 g/mol. The number of aryl methyl sites for hydroxylation is 2. The molecule has 1 aromatic rings. The average molecular weight is 306 g/mol. The van der Waals surface area contributed by atoms with Crippen LogP contribution >= 0.6 is 31.9 Å². The van der Waals surface area contributed by atoms with Crippen molar-refractivity contribution in [3.05, 3.63) is 33.8 Å². The molecule has 0 atom stereocenters. The first kappa shape index (κ1) is 11.3. The molecule has 0 bridgehead atoms. The first-order chi connectivity index (χ1) is 6.27. The van der Waals surface area contributed by atoms with Gasteiger partial charge in [0.25, 0.3) is 0 Å². The zero-order valence-corrected chi connectivity index (χ0v) is 11.0. The van der Waals surface area contributed by atoms with Gasteiger partial charge in [0, 0.05) is 9.80 Å². The van der Waals surface area contributed by atoms with E-state index in [9.17, 15) is 0 Å². The van der Waals surface area contributed by atoms with Crippen LogP contribution in [0.2, 0.25) is 0 Å². The molecule has 0 radical (unpaired) electrons. The number of alkyl halides is 1.